The highest BCUT2D eigenvalue weighted by molar-refractivity contribution is 9.10. The zero-order valence-electron chi connectivity index (χ0n) is 8.59. The van der Waals surface area contributed by atoms with Gasteiger partial charge in [0.25, 0.3) is 0 Å². The molecule has 0 spiro atoms. The van der Waals surface area contributed by atoms with Crippen LogP contribution in [0.1, 0.15) is 24.0 Å². The van der Waals surface area contributed by atoms with E-state index in [2.05, 4.69) is 46.0 Å². The smallest absolute Gasteiger partial charge is 0.0249 e. The lowest BCUT2D eigenvalue weighted by Crippen LogP contribution is -2.18. The molecule has 0 unspecified atom stereocenters. The van der Waals surface area contributed by atoms with Crippen molar-refractivity contribution in [3.05, 3.63) is 33.8 Å². The topological polar surface area (TPSA) is 3.24 Å². The van der Waals surface area contributed by atoms with Crippen LogP contribution < -0.4 is 0 Å². The molecule has 1 saturated heterocycles. The Hall–Kier alpha value is -0.340. The lowest BCUT2D eigenvalue weighted by Gasteiger charge is -2.16. The van der Waals surface area contributed by atoms with Gasteiger partial charge in [0.15, 0.2) is 0 Å². The van der Waals surface area contributed by atoms with E-state index in [9.17, 15) is 0 Å². The van der Waals surface area contributed by atoms with Gasteiger partial charge >= 0.3 is 0 Å². The Balaban J connectivity index is 2.11. The predicted octanol–water partition coefficient (Wildman–Crippen LogP) is 3.35. The summed E-state index contributed by atoms with van der Waals surface area (Å²) in [6, 6.07) is 6.51. The van der Waals surface area contributed by atoms with E-state index in [4.69, 9.17) is 0 Å². The summed E-state index contributed by atoms with van der Waals surface area (Å²) in [5.41, 5.74) is 2.76. The van der Waals surface area contributed by atoms with Gasteiger partial charge in [0.05, 0.1) is 0 Å². The molecule has 0 amide bonds. The number of nitrogens with zero attached hydrogens (tertiary/aromatic N) is 1. The second-order valence-electron chi connectivity index (χ2n) is 4.03. The van der Waals surface area contributed by atoms with Crippen LogP contribution >= 0.6 is 15.9 Å². The zero-order chi connectivity index (χ0) is 9.97. The molecule has 0 aromatic heterocycles. The molecule has 0 bridgehead atoms. The molecule has 1 heterocycles. The van der Waals surface area contributed by atoms with E-state index in [1.807, 2.05) is 0 Å². The fraction of sp³-hybridized carbons (Fsp3) is 0.500. The normalized spacial score (nSPS) is 17.6. The third-order valence-electron chi connectivity index (χ3n) is 2.86. The highest BCUT2D eigenvalue weighted by Crippen LogP contribution is 2.23. The SMILES string of the molecule is Cc1cccc(CN2CCCC2)c1Br. The molecule has 0 radical (unpaired) electrons. The van der Waals surface area contributed by atoms with Crippen LogP contribution in [0.4, 0.5) is 0 Å². The molecule has 2 rings (SSSR count). The third kappa shape index (κ3) is 2.18. The van der Waals surface area contributed by atoms with Crippen LogP contribution in [0, 0.1) is 6.92 Å². The number of benzene rings is 1. The van der Waals surface area contributed by atoms with Gasteiger partial charge in [-0.15, -0.1) is 0 Å². The van der Waals surface area contributed by atoms with Gasteiger partial charge in [0.2, 0.25) is 0 Å². The van der Waals surface area contributed by atoms with Crippen LogP contribution in [0.2, 0.25) is 0 Å². The Morgan fingerprint density at radius 1 is 1.29 bits per heavy atom. The number of hydrogen-bond donors (Lipinski definition) is 0. The van der Waals surface area contributed by atoms with Crippen molar-refractivity contribution in [2.75, 3.05) is 13.1 Å². The first-order chi connectivity index (χ1) is 6.77. The van der Waals surface area contributed by atoms with Crippen LogP contribution in [0.15, 0.2) is 22.7 Å². The van der Waals surface area contributed by atoms with Gasteiger partial charge in [0, 0.05) is 11.0 Å². The largest absolute Gasteiger partial charge is 0.299 e. The first-order valence-corrected chi connectivity index (χ1v) is 6.03. The molecule has 0 saturated carbocycles. The molecule has 0 atom stereocenters. The van der Waals surface area contributed by atoms with Crippen LogP contribution in [0.25, 0.3) is 0 Å². The molecule has 1 nitrogen and oxygen atoms in total. The maximum atomic E-state index is 3.66. The Morgan fingerprint density at radius 2 is 2.00 bits per heavy atom. The summed E-state index contributed by atoms with van der Waals surface area (Å²) in [7, 11) is 0. The fourth-order valence-electron chi connectivity index (χ4n) is 2.01. The second-order valence-corrected chi connectivity index (χ2v) is 4.82. The predicted molar refractivity (Wildman–Crippen MR) is 63.4 cm³/mol. The summed E-state index contributed by atoms with van der Waals surface area (Å²) >= 11 is 3.66. The lowest BCUT2D eigenvalue weighted by molar-refractivity contribution is 0.330. The van der Waals surface area contributed by atoms with E-state index in [-0.39, 0.29) is 0 Å². The highest BCUT2D eigenvalue weighted by atomic mass is 79.9. The van der Waals surface area contributed by atoms with Crippen molar-refractivity contribution < 1.29 is 0 Å². The lowest BCUT2D eigenvalue weighted by atomic mass is 10.1. The summed E-state index contributed by atoms with van der Waals surface area (Å²) in [6.07, 6.45) is 2.73. The van der Waals surface area contributed by atoms with Crippen LogP contribution in [-0.2, 0) is 6.54 Å². The Morgan fingerprint density at radius 3 is 2.71 bits per heavy atom. The van der Waals surface area contributed by atoms with Gasteiger partial charge in [-0.1, -0.05) is 34.1 Å². The Bertz CT molecular complexity index is 316. The maximum Gasteiger partial charge on any atom is 0.0249 e. The molecule has 1 aliphatic rings. The molecular formula is C12H16BrN. The first-order valence-electron chi connectivity index (χ1n) is 5.24. The standard InChI is InChI=1S/C12H16BrN/c1-10-5-4-6-11(12(10)13)9-14-7-2-3-8-14/h4-6H,2-3,7-9H2,1H3. The van der Waals surface area contributed by atoms with Crippen molar-refractivity contribution in [2.45, 2.75) is 26.3 Å². The molecule has 1 aliphatic heterocycles. The fourth-order valence-corrected chi connectivity index (χ4v) is 2.40. The van der Waals surface area contributed by atoms with Crippen molar-refractivity contribution in [2.24, 2.45) is 0 Å². The van der Waals surface area contributed by atoms with Crippen molar-refractivity contribution in [1.29, 1.82) is 0 Å². The molecule has 14 heavy (non-hydrogen) atoms. The minimum absolute atomic E-state index is 1.10. The van der Waals surface area contributed by atoms with Crippen LogP contribution in [-0.4, -0.2) is 18.0 Å². The van der Waals surface area contributed by atoms with Gasteiger partial charge in [0.1, 0.15) is 0 Å². The van der Waals surface area contributed by atoms with Crippen LogP contribution in [0.3, 0.4) is 0 Å². The maximum absolute atomic E-state index is 3.66. The summed E-state index contributed by atoms with van der Waals surface area (Å²) < 4.78 is 1.28. The Kier molecular flexibility index (Phi) is 3.24. The third-order valence-corrected chi connectivity index (χ3v) is 4.00. The van der Waals surface area contributed by atoms with E-state index in [0.29, 0.717) is 0 Å². The van der Waals surface area contributed by atoms with Gasteiger partial charge in [-0.25, -0.2) is 0 Å². The molecule has 0 aliphatic carbocycles. The molecule has 1 aromatic carbocycles. The number of rotatable bonds is 2. The van der Waals surface area contributed by atoms with Gasteiger partial charge in [-0.2, -0.15) is 0 Å². The van der Waals surface area contributed by atoms with Crippen molar-refractivity contribution in [3.63, 3.8) is 0 Å². The molecular weight excluding hydrogens is 238 g/mol. The molecule has 0 N–H and O–H groups in total. The van der Waals surface area contributed by atoms with Gasteiger partial charge < -0.3 is 0 Å². The second kappa shape index (κ2) is 4.45. The first kappa shape index (κ1) is 10.2. The molecule has 1 fully saturated rings. The Labute approximate surface area is 94.2 Å². The van der Waals surface area contributed by atoms with Crippen LogP contribution in [0.5, 0.6) is 0 Å². The number of likely N-dealkylation sites (tertiary alicyclic amines) is 1. The minimum atomic E-state index is 1.10. The summed E-state index contributed by atoms with van der Waals surface area (Å²) in [4.78, 5) is 2.53. The molecule has 2 heteroatoms. The van der Waals surface area contributed by atoms with Gasteiger partial charge in [-0.3, -0.25) is 4.90 Å². The van der Waals surface area contributed by atoms with E-state index in [0.717, 1.165) is 6.54 Å². The molecule has 76 valence electrons. The summed E-state index contributed by atoms with van der Waals surface area (Å²) in [5, 5.41) is 0. The quantitative estimate of drug-likeness (QED) is 0.782. The highest BCUT2D eigenvalue weighted by Gasteiger charge is 2.13. The number of hydrogen-bond acceptors (Lipinski definition) is 1. The zero-order valence-corrected chi connectivity index (χ0v) is 10.2. The summed E-state index contributed by atoms with van der Waals surface area (Å²) in [6.45, 7) is 5.78. The van der Waals surface area contributed by atoms with Crippen molar-refractivity contribution in [1.82, 2.24) is 4.90 Å². The average Bonchev–Trinajstić information content (AvgIpc) is 2.66. The van der Waals surface area contributed by atoms with E-state index < -0.39 is 0 Å². The van der Waals surface area contributed by atoms with E-state index in [1.54, 1.807) is 0 Å². The number of halogens is 1. The molecule has 1 aromatic rings. The van der Waals surface area contributed by atoms with Crippen molar-refractivity contribution >= 4 is 15.9 Å². The minimum Gasteiger partial charge on any atom is -0.299 e. The summed E-state index contributed by atoms with van der Waals surface area (Å²) in [5.74, 6) is 0. The van der Waals surface area contributed by atoms with E-state index >= 15 is 0 Å². The number of aryl methyl sites for hydroxylation is 1. The average molecular weight is 254 g/mol. The monoisotopic (exact) mass is 253 g/mol. The van der Waals surface area contributed by atoms with E-state index in [1.165, 1.54) is 41.5 Å². The van der Waals surface area contributed by atoms with Gasteiger partial charge in [-0.05, 0) is 44.0 Å². The van der Waals surface area contributed by atoms with Crippen molar-refractivity contribution in [3.8, 4) is 0 Å².